The first-order valence-corrected chi connectivity index (χ1v) is 25.2. The Kier molecular flexibility index (Phi) is 40.0. The van der Waals surface area contributed by atoms with Crippen molar-refractivity contribution in [3.8, 4) is 0 Å². The number of hydrogen-bond donors (Lipinski definition) is 0. The molecule has 1 aliphatic rings. The van der Waals surface area contributed by atoms with Gasteiger partial charge in [-0.05, 0) is 73.9 Å². The third-order valence-corrected chi connectivity index (χ3v) is 11.7. The van der Waals surface area contributed by atoms with Gasteiger partial charge in [0.05, 0.1) is 0 Å². The Morgan fingerprint density at radius 3 is 1.03 bits per heavy atom. The van der Waals surface area contributed by atoms with E-state index in [1.807, 2.05) is 0 Å². The molecule has 2 nitrogen and oxygen atoms in total. The number of hydrogen-bond acceptors (Lipinski definition) is 0. The van der Waals surface area contributed by atoms with Crippen LogP contribution < -0.4 is 0 Å². The van der Waals surface area contributed by atoms with Gasteiger partial charge in [0.25, 0.3) is 0 Å². The number of aryl methyl sites for hydroxylation is 2. The Morgan fingerprint density at radius 1 is 0.390 bits per heavy atom. The van der Waals surface area contributed by atoms with Crippen LogP contribution in [-0.4, -0.2) is 4.70 Å². The third kappa shape index (κ3) is 28.3. The van der Waals surface area contributed by atoms with E-state index in [1.54, 1.807) is 0 Å². The molecule has 3 rings (SSSR count). The molecule has 0 atom stereocenters. The van der Waals surface area contributed by atoms with Crippen LogP contribution in [0, 0.1) is 13.8 Å². The standard InChI is InChI=1S/C28H36N2.2C14H29.Ni/c1-4-7-10-22-13-17-24(18-14-22)27-21-26(12-9-6-3)28(30(27)29)25-19-15-23(16-20-25)11-8-5-2;2*1-3-5-7-9-11-13-14-12-10-8-6-4-2;/h13-21H,4-12H2,1-3H3;2*1,3-14H2,2H3;/q;2*-1;+2. The smallest absolute Gasteiger partial charge is 0.493 e. The van der Waals surface area contributed by atoms with E-state index in [0.717, 1.165) is 67.5 Å². The van der Waals surface area contributed by atoms with Crippen molar-refractivity contribution >= 4 is 11.4 Å². The van der Waals surface area contributed by atoms with Gasteiger partial charge in [0, 0.05) is 22.8 Å². The van der Waals surface area contributed by atoms with Crippen molar-refractivity contribution in [1.82, 2.24) is 0 Å². The van der Waals surface area contributed by atoms with Crippen molar-refractivity contribution < 1.29 is 21.2 Å². The quantitative estimate of drug-likeness (QED) is 0.0296. The molecule has 0 spiro atoms. The second-order valence-corrected chi connectivity index (χ2v) is 17.2. The van der Waals surface area contributed by atoms with E-state index in [1.165, 1.54) is 188 Å². The van der Waals surface area contributed by atoms with E-state index in [9.17, 15) is 5.53 Å². The van der Waals surface area contributed by atoms with Crippen LogP contribution in [0.15, 0.2) is 60.2 Å². The summed E-state index contributed by atoms with van der Waals surface area (Å²) < 4.78 is 1.41. The molecule has 338 valence electrons. The first-order valence-electron chi connectivity index (χ1n) is 25.2. The maximum absolute atomic E-state index is 11.2. The summed E-state index contributed by atoms with van der Waals surface area (Å²) in [7, 11) is 0. The fraction of sp³-hybridized carbons (Fsp3) is 0.679. The van der Waals surface area contributed by atoms with Crippen molar-refractivity contribution in [2.24, 2.45) is 0 Å². The van der Waals surface area contributed by atoms with E-state index in [2.05, 4.69) is 103 Å². The van der Waals surface area contributed by atoms with Crippen molar-refractivity contribution in [3.05, 3.63) is 102 Å². The topological polar surface area (TPSA) is 25.3 Å². The second-order valence-electron chi connectivity index (χ2n) is 17.2. The number of benzene rings is 2. The molecule has 3 heteroatoms. The van der Waals surface area contributed by atoms with Crippen LogP contribution in [0.2, 0.25) is 0 Å². The van der Waals surface area contributed by atoms with Gasteiger partial charge in [-0.1, -0.05) is 219 Å². The normalized spacial score (nSPS) is 12.1. The van der Waals surface area contributed by atoms with Crippen LogP contribution in [0.5, 0.6) is 0 Å². The van der Waals surface area contributed by atoms with Crippen LogP contribution >= 0.6 is 0 Å². The molecule has 0 fully saturated rings. The number of rotatable bonds is 33. The van der Waals surface area contributed by atoms with Crippen LogP contribution in [-0.2, 0) is 29.3 Å². The fourth-order valence-electron chi connectivity index (χ4n) is 7.74. The van der Waals surface area contributed by atoms with Crippen molar-refractivity contribution in [1.29, 1.82) is 0 Å². The van der Waals surface area contributed by atoms with Gasteiger partial charge in [-0.2, -0.15) is 12.8 Å². The molecule has 1 heterocycles. The van der Waals surface area contributed by atoms with E-state index in [4.69, 9.17) is 0 Å². The van der Waals surface area contributed by atoms with Crippen LogP contribution in [0.1, 0.15) is 256 Å². The molecule has 0 saturated heterocycles. The summed E-state index contributed by atoms with van der Waals surface area (Å²) in [5.74, 6) is 0. The summed E-state index contributed by atoms with van der Waals surface area (Å²) in [5.41, 5.74) is 19.1. The van der Waals surface area contributed by atoms with E-state index >= 15 is 0 Å². The molecule has 0 unspecified atom stereocenters. The predicted molar refractivity (Wildman–Crippen MR) is 261 cm³/mol. The molecule has 2 aromatic carbocycles. The van der Waals surface area contributed by atoms with Gasteiger partial charge in [0.15, 0.2) is 0 Å². The van der Waals surface area contributed by atoms with Gasteiger partial charge in [-0.15, -0.1) is 0 Å². The molecule has 0 saturated carbocycles. The zero-order chi connectivity index (χ0) is 42.3. The number of nitrogens with zero attached hydrogens (tertiary/aromatic N) is 2. The zero-order valence-corrected chi connectivity index (χ0v) is 40.6. The molecule has 0 radical (unpaired) electrons. The van der Waals surface area contributed by atoms with Crippen LogP contribution in [0.4, 0.5) is 0 Å². The van der Waals surface area contributed by atoms with Gasteiger partial charge < -0.3 is 19.4 Å². The first kappa shape index (κ1) is 57.0. The second kappa shape index (κ2) is 41.4. The predicted octanol–water partition coefficient (Wildman–Crippen LogP) is 19.4. The summed E-state index contributed by atoms with van der Waals surface area (Å²) in [6.07, 6.45) is 46.2. The molecule has 0 N–H and O–H groups in total. The van der Waals surface area contributed by atoms with Gasteiger partial charge in [0.1, 0.15) is 0 Å². The SMILES string of the molecule is CCCCC1=C(c2ccc(CCCC)cc2)[N+](=[N-])C(c2ccc(CCCC)cc2)=C1.[CH2-]CCCCCCCCCCCCC.[CH2-]CCCCCCCCCCCCC.[Ni+2]. The Bertz CT molecular complexity index is 1240. The fourth-order valence-corrected chi connectivity index (χ4v) is 7.74. The summed E-state index contributed by atoms with van der Waals surface area (Å²) in [6, 6.07) is 17.5. The average Bonchev–Trinajstić information content (AvgIpc) is 3.58. The molecule has 59 heavy (non-hydrogen) atoms. The first-order chi connectivity index (χ1) is 28.5. The van der Waals surface area contributed by atoms with Gasteiger partial charge >= 0.3 is 16.5 Å². The van der Waals surface area contributed by atoms with Gasteiger partial charge in [-0.25, -0.2) is 4.70 Å². The monoisotopic (exact) mass is 853 g/mol. The van der Waals surface area contributed by atoms with Gasteiger partial charge in [-0.3, -0.25) is 0 Å². The Labute approximate surface area is 379 Å². The largest absolute Gasteiger partial charge is 2.00 e. The van der Waals surface area contributed by atoms with Crippen LogP contribution in [0.3, 0.4) is 0 Å². The Balaban J connectivity index is 0.000000975. The minimum Gasteiger partial charge on any atom is -0.493 e. The molecule has 2 aromatic rings. The molecular weight excluding hydrogens is 759 g/mol. The molecule has 0 aromatic heterocycles. The molecule has 0 amide bonds. The summed E-state index contributed by atoms with van der Waals surface area (Å²) >= 11 is 0. The zero-order valence-electron chi connectivity index (χ0n) is 39.7. The maximum Gasteiger partial charge on any atom is 2.00 e. The van der Waals surface area contributed by atoms with Crippen molar-refractivity contribution in [2.75, 3.05) is 0 Å². The van der Waals surface area contributed by atoms with Crippen LogP contribution in [0.25, 0.3) is 16.9 Å². The average molecular weight is 854 g/mol. The molecule has 0 aliphatic carbocycles. The molecule has 1 aliphatic heterocycles. The molecular formula is C56H94N2Ni. The van der Waals surface area contributed by atoms with Crippen molar-refractivity contribution in [3.63, 3.8) is 0 Å². The number of allylic oxidation sites excluding steroid dienone is 2. The minimum atomic E-state index is 0. The third-order valence-electron chi connectivity index (χ3n) is 11.7. The number of unbranched alkanes of at least 4 members (excludes halogenated alkanes) is 25. The summed E-state index contributed by atoms with van der Waals surface area (Å²) in [5, 5.41) is 0. The molecule has 0 bridgehead atoms. The maximum atomic E-state index is 11.2. The minimum absolute atomic E-state index is 0. The van der Waals surface area contributed by atoms with E-state index < -0.39 is 0 Å². The van der Waals surface area contributed by atoms with E-state index in [-0.39, 0.29) is 16.5 Å². The summed E-state index contributed by atoms with van der Waals surface area (Å²) in [4.78, 5) is 0. The van der Waals surface area contributed by atoms with Gasteiger partial charge in [0.2, 0.25) is 11.4 Å². The van der Waals surface area contributed by atoms with E-state index in [0.29, 0.717) is 0 Å². The Morgan fingerprint density at radius 2 is 0.695 bits per heavy atom. The Hall–Kier alpha value is -1.99. The van der Waals surface area contributed by atoms with Crippen molar-refractivity contribution in [2.45, 2.75) is 247 Å². The summed E-state index contributed by atoms with van der Waals surface area (Å²) in [6.45, 7) is 19.0.